The van der Waals surface area contributed by atoms with Gasteiger partial charge in [-0.15, -0.1) is 0 Å². The van der Waals surface area contributed by atoms with Gasteiger partial charge in [0.2, 0.25) is 0 Å². The number of hydrogen-bond acceptors (Lipinski definition) is 3. The summed E-state index contributed by atoms with van der Waals surface area (Å²) in [5.74, 6) is 0. The van der Waals surface area contributed by atoms with Crippen molar-refractivity contribution in [3.63, 3.8) is 0 Å². The summed E-state index contributed by atoms with van der Waals surface area (Å²) in [6, 6.07) is 0. The highest BCUT2D eigenvalue weighted by molar-refractivity contribution is 7.80. The minimum absolute atomic E-state index is 0.763. The van der Waals surface area contributed by atoms with Gasteiger partial charge in [0.25, 0.3) is 0 Å². The van der Waals surface area contributed by atoms with Crippen molar-refractivity contribution in [3.05, 3.63) is 0 Å². The normalized spacial score (nSPS) is 17.4. The maximum atomic E-state index is 5.29. The van der Waals surface area contributed by atoms with Crippen LogP contribution in [0.4, 0.5) is 0 Å². The van der Waals surface area contributed by atoms with Crippen LogP contribution < -0.4 is 10.6 Å². The minimum atomic E-state index is 0.763. The second-order valence-electron chi connectivity index (χ2n) is 3.59. The molecule has 4 nitrogen and oxygen atoms in total. The standard InChI is InChI=1S/C10H21N3OS/c1-2-11-10(15)12-4-3-5-13-6-8-14-9-7-13/h2-9H2,1H3,(H2,11,12,15). The molecule has 0 bridgehead atoms. The second kappa shape index (κ2) is 7.84. The Hall–Kier alpha value is -0.390. The summed E-state index contributed by atoms with van der Waals surface area (Å²) < 4.78 is 5.29. The van der Waals surface area contributed by atoms with Gasteiger partial charge in [-0.3, -0.25) is 4.90 Å². The second-order valence-corrected chi connectivity index (χ2v) is 4.00. The number of ether oxygens (including phenoxy) is 1. The van der Waals surface area contributed by atoms with Gasteiger partial charge in [0.05, 0.1) is 13.2 Å². The third kappa shape index (κ3) is 5.92. The molecule has 1 heterocycles. The summed E-state index contributed by atoms with van der Waals surface area (Å²) in [6.45, 7) is 8.90. The van der Waals surface area contributed by atoms with Crippen molar-refractivity contribution < 1.29 is 4.74 Å². The Balaban J connectivity index is 1.93. The first-order valence-corrected chi connectivity index (χ1v) is 6.05. The van der Waals surface area contributed by atoms with Crippen LogP contribution in [0, 0.1) is 0 Å². The Morgan fingerprint density at radius 2 is 2.07 bits per heavy atom. The van der Waals surface area contributed by atoms with E-state index in [1.165, 1.54) is 0 Å². The van der Waals surface area contributed by atoms with E-state index in [9.17, 15) is 0 Å². The summed E-state index contributed by atoms with van der Waals surface area (Å²) in [4.78, 5) is 2.43. The molecule has 0 saturated carbocycles. The number of hydrogen-bond donors (Lipinski definition) is 2. The first-order valence-electron chi connectivity index (χ1n) is 5.64. The maximum Gasteiger partial charge on any atom is 0.166 e. The number of morpholine rings is 1. The molecule has 0 aromatic heterocycles. The summed E-state index contributed by atoms with van der Waals surface area (Å²) in [7, 11) is 0. The van der Waals surface area contributed by atoms with Crippen molar-refractivity contribution >= 4 is 17.3 Å². The Kier molecular flexibility index (Phi) is 6.63. The Morgan fingerprint density at radius 3 is 2.73 bits per heavy atom. The van der Waals surface area contributed by atoms with E-state index in [4.69, 9.17) is 17.0 Å². The van der Waals surface area contributed by atoms with Crippen molar-refractivity contribution in [1.82, 2.24) is 15.5 Å². The molecule has 0 spiro atoms. The number of thiocarbonyl (C=S) groups is 1. The van der Waals surface area contributed by atoms with Gasteiger partial charge in [-0.25, -0.2) is 0 Å². The molecule has 1 fully saturated rings. The van der Waals surface area contributed by atoms with E-state index in [1.807, 2.05) is 6.92 Å². The molecule has 0 amide bonds. The summed E-state index contributed by atoms with van der Waals surface area (Å²) in [5.41, 5.74) is 0. The third-order valence-electron chi connectivity index (χ3n) is 2.38. The fourth-order valence-corrected chi connectivity index (χ4v) is 1.80. The highest BCUT2D eigenvalue weighted by Crippen LogP contribution is 1.97. The largest absolute Gasteiger partial charge is 0.379 e. The topological polar surface area (TPSA) is 36.5 Å². The lowest BCUT2D eigenvalue weighted by Gasteiger charge is -2.26. The average molecular weight is 231 g/mol. The van der Waals surface area contributed by atoms with Gasteiger partial charge in [0, 0.05) is 26.2 Å². The lowest BCUT2D eigenvalue weighted by atomic mass is 10.3. The fraction of sp³-hybridized carbons (Fsp3) is 0.900. The monoisotopic (exact) mass is 231 g/mol. The average Bonchev–Trinajstić information content (AvgIpc) is 2.26. The molecular weight excluding hydrogens is 210 g/mol. The van der Waals surface area contributed by atoms with Gasteiger partial charge in [0.1, 0.15) is 0 Å². The van der Waals surface area contributed by atoms with Crippen LogP contribution in [0.5, 0.6) is 0 Å². The lowest BCUT2D eigenvalue weighted by Crippen LogP contribution is -2.39. The molecule has 0 atom stereocenters. The van der Waals surface area contributed by atoms with Crippen molar-refractivity contribution in [2.45, 2.75) is 13.3 Å². The maximum absolute atomic E-state index is 5.29. The van der Waals surface area contributed by atoms with E-state index in [2.05, 4.69) is 15.5 Å². The predicted molar refractivity (Wildman–Crippen MR) is 66.2 cm³/mol. The molecule has 0 aromatic carbocycles. The molecule has 88 valence electrons. The van der Waals surface area contributed by atoms with Crippen molar-refractivity contribution in [2.75, 3.05) is 45.9 Å². The quantitative estimate of drug-likeness (QED) is 0.522. The molecule has 0 unspecified atom stereocenters. The van der Waals surface area contributed by atoms with Crippen LogP contribution in [-0.2, 0) is 4.74 Å². The van der Waals surface area contributed by atoms with E-state index in [0.717, 1.165) is 57.5 Å². The summed E-state index contributed by atoms with van der Waals surface area (Å²) >= 11 is 5.07. The number of rotatable bonds is 5. The van der Waals surface area contributed by atoms with Gasteiger partial charge < -0.3 is 15.4 Å². The van der Waals surface area contributed by atoms with Crippen molar-refractivity contribution in [1.29, 1.82) is 0 Å². The smallest absolute Gasteiger partial charge is 0.166 e. The van der Waals surface area contributed by atoms with E-state index in [-0.39, 0.29) is 0 Å². The molecular formula is C10H21N3OS. The summed E-state index contributed by atoms with van der Waals surface area (Å²) in [6.07, 6.45) is 1.13. The summed E-state index contributed by atoms with van der Waals surface area (Å²) in [5, 5.41) is 7.02. The van der Waals surface area contributed by atoms with Crippen LogP contribution in [0.15, 0.2) is 0 Å². The molecule has 0 aromatic rings. The molecule has 1 rings (SSSR count). The van der Waals surface area contributed by atoms with E-state index in [0.29, 0.717) is 0 Å². The van der Waals surface area contributed by atoms with Gasteiger partial charge in [-0.05, 0) is 32.1 Å². The molecule has 5 heteroatoms. The highest BCUT2D eigenvalue weighted by atomic mass is 32.1. The molecule has 1 aliphatic rings. The van der Waals surface area contributed by atoms with Crippen LogP contribution in [0.3, 0.4) is 0 Å². The SMILES string of the molecule is CCNC(=S)NCCCN1CCOCC1. The fourth-order valence-electron chi connectivity index (χ4n) is 1.55. The third-order valence-corrected chi connectivity index (χ3v) is 2.67. The molecule has 1 aliphatic heterocycles. The highest BCUT2D eigenvalue weighted by Gasteiger charge is 2.08. The van der Waals surface area contributed by atoms with Crippen LogP contribution in [0.1, 0.15) is 13.3 Å². The first kappa shape index (κ1) is 12.7. The molecule has 0 aliphatic carbocycles. The molecule has 1 saturated heterocycles. The number of nitrogens with zero attached hydrogens (tertiary/aromatic N) is 1. The first-order chi connectivity index (χ1) is 7.33. The van der Waals surface area contributed by atoms with Crippen molar-refractivity contribution in [3.8, 4) is 0 Å². The zero-order valence-electron chi connectivity index (χ0n) is 9.42. The van der Waals surface area contributed by atoms with E-state index < -0.39 is 0 Å². The molecule has 0 radical (unpaired) electrons. The van der Waals surface area contributed by atoms with Gasteiger partial charge in [-0.1, -0.05) is 0 Å². The van der Waals surface area contributed by atoms with Crippen LogP contribution in [-0.4, -0.2) is 55.9 Å². The minimum Gasteiger partial charge on any atom is -0.379 e. The van der Waals surface area contributed by atoms with Crippen LogP contribution >= 0.6 is 12.2 Å². The van der Waals surface area contributed by atoms with Crippen molar-refractivity contribution in [2.24, 2.45) is 0 Å². The van der Waals surface area contributed by atoms with Gasteiger partial charge in [0.15, 0.2) is 5.11 Å². The van der Waals surface area contributed by atoms with E-state index >= 15 is 0 Å². The predicted octanol–water partition coefficient (Wildman–Crippen LogP) is 0.193. The van der Waals surface area contributed by atoms with Crippen LogP contribution in [0.25, 0.3) is 0 Å². The van der Waals surface area contributed by atoms with Crippen LogP contribution in [0.2, 0.25) is 0 Å². The number of nitrogens with one attached hydrogen (secondary N) is 2. The zero-order chi connectivity index (χ0) is 10.9. The Morgan fingerprint density at radius 1 is 1.33 bits per heavy atom. The van der Waals surface area contributed by atoms with E-state index in [1.54, 1.807) is 0 Å². The molecule has 15 heavy (non-hydrogen) atoms. The van der Waals surface area contributed by atoms with Gasteiger partial charge >= 0.3 is 0 Å². The zero-order valence-corrected chi connectivity index (χ0v) is 10.2. The Bertz CT molecular complexity index is 184. The lowest BCUT2D eigenvalue weighted by molar-refractivity contribution is 0.0376. The van der Waals surface area contributed by atoms with Gasteiger partial charge in [-0.2, -0.15) is 0 Å². The molecule has 2 N–H and O–H groups in total. The Labute approximate surface area is 97.3 Å².